The molecule has 0 aromatic heterocycles. The van der Waals surface area contributed by atoms with Crippen LogP contribution in [-0.2, 0) is 0 Å². The normalized spacial score (nSPS) is 17.7. The average molecular weight is 223 g/mol. The predicted octanol–water partition coefficient (Wildman–Crippen LogP) is 2.68. The highest BCUT2D eigenvalue weighted by molar-refractivity contribution is 7.99. The fourth-order valence-corrected chi connectivity index (χ4v) is 2.78. The van der Waals surface area contributed by atoms with Gasteiger partial charge in [0.25, 0.3) is 0 Å². The molecule has 0 saturated heterocycles. The van der Waals surface area contributed by atoms with Crippen LogP contribution in [0.15, 0.2) is 23.1 Å². The first-order valence-corrected chi connectivity index (χ1v) is 5.75. The average Bonchev–Trinajstić information content (AvgIpc) is 2.14. The Bertz CT molecular complexity index is 415. The Balaban J connectivity index is 2.47. The van der Waals surface area contributed by atoms with Crippen molar-refractivity contribution < 1.29 is 9.90 Å². The molecule has 1 aliphatic rings. The number of benzene rings is 1. The van der Waals surface area contributed by atoms with E-state index in [1.165, 1.54) is 0 Å². The molecule has 2 N–H and O–H groups in total. The molecule has 0 aliphatic carbocycles. The van der Waals surface area contributed by atoms with Crippen molar-refractivity contribution in [3.63, 3.8) is 0 Å². The number of carboxylic acid groups (broad SMARTS) is 1. The summed E-state index contributed by atoms with van der Waals surface area (Å²) >= 11 is 1.61. The summed E-state index contributed by atoms with van der Waals surface area (Å²) in [5, 5.41) is 12.4. The maximum Gasteiger partial charge on any atom is 0.336 e. The van der Waals surface area contributed by atoms with Crippen LogP contribution in [0, 0.1) is 0 Å². The van der Waals surface area contributed by atoms with Gasteiger partial charge < -0.3 is 10.4 Å². The van der Waals surface area contributed by atoms with E-state index in [4.69, 9.17) is 5.11 Å². The summed E-state index contributed by atoms with van der Waals surface area (Å²) in [4.78, 5) is 11.8. The molecule has 0 fully saturated rings. The SMILES string of the molecule is CC1(C)CSc2c(cccc2C(=O)O)N1. The molecule has 0 saturated carbocycles. The summed E-state index contributed by atoms with van der Waals surface area (Å²) in [5.41, 5.74) is 1.34. The summed E-state index contributed by atoms with van der Waals surface area (Å²) < 4.78 is 0. The van der Waals surface area contributed by atoms with E-state index in [1.807, 2.05) is 6.07 Å². The highest BCUT2D eigenvalue weighted by Gasteiger charge is 2.27. The number of nitrogens with one attached hydrogen (secondary N) is 1. The van der Waals surface area contributed by atoms with Crippen LogP contribution in [0.3, 0.4) is 0 Å². The quantitative estimate of drug-likeness (QED) is 0.768. The Hall–Kier alpha value is -1.16. The highest BCUT2D eigenvalue weighted by Crippen LogP contribution is 2.39. The van der Waals surface area contributed by atoms with Gasteiger partial charge in [-0.25, -0.2) is 4.79 Å². The zero-order valence-corrected chi connectivity index (χ0v) is 9.52. The van der Waals surface area contributed by atoms with E-state index >= 15 is 0 Å². The van der Waals surface area contributed by atoms with Crippen molar-refractivity contribution in [3.05, 3.63) is 23.8 Å². The minimum absolute atomic E-state index is 0.0226. The molecule has 0 radical (unpaired) electrons. The van der Waals surface area contributed by atoms with Crippen LogP contribution in [0.25, 0.3) is 0 Å². The Labute approximate surface area is 92.9 Å². The van der Waals surface area contributed by atoms with E-state index < -0.39 is 5.97 Å². The third-order valence-corrected chi connectivity index (χ3v) is 3.89. The molecule has 80 valence electrons. The topological polar surface area (TPSA) is 49.3 Å². The zero-order chi connectivity index (χ0) is 11.1. The number of aromatic carboxylic acids is 1. The fraction of sp³-hybridized carbons (Fsp3) is 0.364. The first-order chi connectivity index (χ1) is 6.99. The van der Waals surface area contributed by atoms with E-state index in [0.717, 1.165) is 16.3 Å². The minimum Gasteiger partial charge on any atom is -0.478 e. The van der Waals surface area contributed by atoms with Crippen molar-refractivity contribution in [1.29, 1.82) is 0 Å². The third-order valence-electron chi connectivity index (χ3n) is 2.30. The molecule has 0 unspecified atom stereocenters. The summed E-state index contributed by atoms with van der Waals surface area (Å²) in [6.07, 6.45) is 0. The fourth-order valence-electron chi connectivity index (χ4n) is 1.61. The van der Waals surface area contributed by atoms with Crippen molar-refractivity contribution in [1.82, 2.24) is 0 Å². The summed E-state index contributed by atoms with van der Waals surface area (Å²) in [7, 11) is 0. The number of hydrogen-bond donors (Lipinski definition) is 2. The van der Waals surface area contributed by atoms with Gasteiger partial charge in [0.15, 0.2) is 0 Å². The number of hydrogen-bond acceptors (Lipinski definition) is 3. The predicted molar refractivity (Wildman–Crippen MR) is 61.8 cm³/mol. The van der Waals surface area contributed by atoms with Gasteiger partial charge in [-0.1, -0.05) is 6.07 Å². The molecule has 1 aromatic carbocycles. The molecular formula is C11H13NO2S. The van der Waals surface area contributed by atoms with Gasteiger partial charge in [-0.15, -0.1) is 11.8 Å². The Morgan fingerprint density at radius 3 is 2.93 bits per heavy atom. The van der Waals surface area contributed by atoms with Crippen LogP contribution in [0.1, 0.15) is 24.2 Å². The third kappa shape index (κ3) is 1.95. The van der Waals surface area contributed by atoms with Gasteiger partial charge in [-0.05, 0) is 26.0 Å². The molecule has 1 aromatic rings. The van der Waals surface area contributed by atoms with Crippen LogP contribution in [0.2, 0.25) is 0 Å². The molecule has 0 spiro atoms. The number of rotatable bonds is 1. The van der Waals surface area contributed by atoms with Crippen molar-refractivity contribution >= 4 is 23.4 Å². The lowest BCUT2D eigenvalue weighted by Gasteiger charge is -2.33. The van der Waals surface area contributed by atoms with Gasteiger partial charge in [-0.2, -0.15) is 0 Å². The van der Waals surface area contributed by atoms with Crippen LogP contribution in [0.5, 0.6) is 0 Å². The molecule has 1 heterocycles. The number of thioether (sulfide) groups is 1. The molecular weight excluding hydrogens is 210 g/mol. The molecule has 1 aliphatic heterocycles. The molecule has 4 heteroatoms. The van der Waals surface area contributed by atoms with Crippen LogP contribution in [-0.4, -0.2) is 22.4 Å². The van der Waals surface area contributed by atoms with Gasteiger partial charge in [-0.3, -0.25) is 0 Å². The number of carbonyl (C=O) groups is 1. The van der Waals surface area contributed by atoms with E-state index in [9.17, 15) is 4.79 Å². The maximum absolute atomic E-state index is 11.0. The summed E-state index contributed by atoms with van der Waals surface area (Å²) in [5.74, 6) is 0.0189. The summed E-state index contributed by atoms with van der Waals surface area (Å²) in [6, 6.07) is 5.35. The van der Waals surface area contributed by atoms with Gasteiger partial charge in [0.2, 0.25) is 0 Å². The number of carboxylic acids is 1. The first kappa shape index (κ1) is 10.4. The highest BCUT2D eigenvalue weighted by atomic mass is 32.2. The van der Waals surface area contributed by atoms with E-state index in [1.54, 1.807) is 23.9 Å². The van der Waals surface area contributed by atoms with Crippen LogP contribution >= 0.6 is 11.8 Å². The zero-order valence-electron chi connectivity index (χ0n) is 8.70. The monoisotopic (exact) mass is 223 g/mol. The molecule has 0 amide bonds. The Morgan fingerprint density at radius 2 is 2.27 bits per heavy atom. The van der Waals surface area contributed by atoms with Gasteiger partial charge in [0, 0.05) is 21.9 Å². The van der Waals surface area contributed by atoms with Gasteiger partial charge >= 0.3 is 5.97 Å². The van der Waals surface area contributed by atoms with Crippen molar-refractivity contribution in [2.75, 3.05) is 11.1 Å². The molecule has 15 heavy (non-hydrogen) atoms. The number of anilines is 1. The van der Waals surface area contributed by atoms with Crippen LogP contribution in [0.4, 0.5) is 5.69 Å². The second-order valence-corrected chi connectivity index (χ2v) is 5.27. The van der Waals surface area contributed by atoms with Crippen molar-refractivity contribution in [2.45, 2.75) is 24.3 Å². The van der Waals surface area contributed by atoms with Crippen LogP contribution < -0.4 is 5.32 Å². The first-order valence-electron chi connectivity index (χ1n) is 4.77. The van der Waals surface area contributed by atoms with Crippen molar-refractivity contribution in [3.8, 4) is 0 Å². The maximum atomic E-state index is 11.0. The Kier molecular flexibility index (Phi) is 2.38. The molecule has 0 bridgehead atoms. The largest absolute Gasteiger partial charge is 0.478 e. The standard InChI is InChI=1S/C11H13NO2S/c1-11(2)6-15-9-7(10(13)14)4-3-5-8(9)12-11/h3-5,12H,6H2,1-2H3,(H,13,14). The van der Waals surface area contributed by atoms with E-state index in [-0.39, 0.29) is 5.54 Å². The molecule has 2 rings (SSSR count). The second kappa shape index (κ2) is 3.45. The second-order valence-electron chi connectivity index (χ2n) is 4.28. The van der Waals surface area contributed by atoms with E-state index in [2.05, 4.69) is 19.2 Å². The van der Waals surface area contributed by atoms with Crippen molar-refractivity contribution in [2.24, 2.45) is 0 Å². The molecule has 3 nitrogen and oxygen atoms in total. The summed E-state index contributed by atoms with van der Waals surface area (Å²) in [6.45, 7) is 4.22. The van der Waals surface area contributed by atoms with Gasteiger partial charge in [0.05, 0.1) is 5.56 Å². The lowest BCUT2D eigenvalue weighted by atomic mass is 10.1. The Morgan fingerprint density at radius 1 is 1.53 bits per heavy atom. The smallest absolute Gasteiger partial charge is 0.336 e. The van der Waals surface area contributed by atoms with E-state index in [0.29, 0.717) is 5.56 Å². The molecule has 0 atom stereocenters. The lowest BCUT2D eigenvalue weighted by molar-refractivity contribution is 0.0693. The number of fused-ring (bicyclic) bond motifs is 1. The minimum atomic E-state index is -0.860. The lowest BCUT2D eigenvalue weighted by Crippen LogP contribution is -2.36. The van der Waals surface area contributed by atoms with Gasteiger partial charge in [0.1, 0.15) is 0 Å².